The summed E-state index contributed by atoms with van der Waals surface area (Å²) in [5, 5.41) is 7.13. The van der Waals surface area contributed by atoms with Crippen LogP contribution in [0, 0.1) is 5.92 Å². The molecule has 0 bridgehead atoms. The highest BCUT2D eigenvalue weighted by atomic mass is 16.5. The summed E-state index contributed by atoms with van der Waals surface area (Å²) in [5.41, 5.74) is 1.13. The number of guanidine groups is 1. The molecule has 3 rings (SSSR count). The average Bonchev–Trinajstić information content (AvgIpc) is 3.25. The first kappa shape index (κ1) is 22.5. The summed E-state index contributed by atoms with van der Waals surface area (Å²) in [6.07, 6.45) is 5.16. The van der Waals surface area contributed by atoms with E-state index in [1.54, 1.807) is 14.2 Å². The van der Waals surface area contributed by atoms with Gasteiger partial charge < -0.3 is 29.9 Å². The molecular formula is C23H39N5O2. The van der Waals surface area contributed by atoms with E-state index in [2.05, 4.69) is 44.5 Å². The molecule has 0 saturated carbocycles. The zero-order valence-corrected chi connectivity index (χ0v) is 19.1. The van der Waals surface area contributed by atoms with Crippen LogP contribution in [-0.2, 0) is 0 Å². The molecule has 168 valence electrons. The Morgan fingerprint density at radius 2 is 1.80 bits per heavy atom. The SMILES string of the molecule is CN=C(NCC(C)CN1CCCCC1)NC1CCN(c2cc(OC)cc(OC)c2)C1. The van der Waals surface area contributed by atoms with Gasteiger partial charge in [0.1, 0.15) is 11.5 Å². The van der Waals surface area contributed by atoms with Crippen molar-refractivity contribution in [2.45, 2.75) is 38.6 Å². The van der Waals surface area contributed by atoms with Gasteiger partial charge in [-0.05, 0) is 38.3 Å². The summed E-state index contributed by atoms with van der Waals surface area (Å²) < 4.78 is 10.8. The third kappa shape index (κ3) is 6.42. The first-order chi connectivity index (χ1) is 14.6. The lowest BCUT2D eigenvalue weighted by atomic mass is 10.1. The summed E-state index contributed by atoms with van der Waals surface area (Å²) in [7, 11) is 5.23. The number of nitrogens with zero attached hydrogens (tertiary/aromatic N) is 3. The molecule has 2 N–H and O–H groups in total. The number of piperidine rings is 1. The molecule has 0 aromatic heterocycles. The van der Waals surface area contributed by atoms with Gasteiger partial charge in [-0.2, -0.15) is 0 Å². The van der Waals surface area contributed by atoms with E-state index in [1.807, 2.05) is 13.1 Å². The second-order valence-electron chi connectivity index (χ2n) is 8.57. The lowest BCUT2D eigenvalue weighted by Crippen LogP contribution is -2.46. The molecule has 1 aromatic carbocycles. The summed E-state index contributed by atoms with van der Waals surface area (Å²) in [4.78, 5) is 9.42. The lowest BCUT2D eigenvalue weighted by molar-refractivity contribution is 0.201. The molecule has 0 radical (unpaired) electrons. The fourth-order valence-corrected chi connectivity index (χ4v) is 4.39. The van der Waals surface area contributed by atoms with Crippen molar-refractivity contribution in [3.05, 3.63) is 18.2 Å². The minimum Gasteiger partial charge on any atom is -0.497 e. The van der Waals surface area contributed by atoms with E-state index < -0.39 is 0 Å². The largest absolute Gasteiger partial charge is 0.497 e. The Labute approximate surface area is 181 Å². The molecule has 1 aromatic rings. The average molecular weight is 418 g/mol. The molecule has 2 aliphatic rings. The Kier molecular flexibility index (Phi) is 8.49. The second-order valence-corrected chi connectivity index (χ2v) is 8.57. The third-order valence-corrected chi connectivity index (χ3v) is 6.09. The molecule has 0 amide bonds. The highest BCUT2D eigenvalue weighted by Gasteiger charge is 2.24. The predicted molar refractivity (Wildman–Crippen MR) is 124 cm³/mol. The van der Waals surface area contributed by atoms with Gasteiger partial charge in [-0.15, -0.1) is 0 Å². The van der Waals surface area contributed by atoms with E-state index in [-0.39, 0.29) is 0 Å². The van der Waals surface area contributed by atoms with Crippen LogP contribution in [0.2, 0.25) is 0 Å². The number of hydrogen-bond donors (Lipinski definition) is 2. The standard InChI is InChI=1S/C23H39N5O2/c1-18(16-27-9-6-5-7-10-27)15-25-23(24-2)26-19-8-11-28(17-19)20-12-21(29-3)14-22(13-20)30-4/h12-14,18-19H,5-11,15-17H2,1-4H3,(H2,24,25,26). The molecule has 30 heavy (non-hydrogen) atoms. The number of benzene rings is 1. The van der Waals surface area contributed by atoms with Crippen LogP contribution >= 0.6 is 0 Å². The van der Waals surface area contributed by atoms with Crippen molar-refractivity contribution in [2.75, 3.05) is 65.4 Å². The number of nitrogens with one attached hydrogen (secondary N) is 2. The molecule has 0 aliphatic carbocycles. The summed E-state index contributed by atoms with van der Waals surface area (Å²) in [6, 6.07) is 6.41. The van der Waals surface area contributed by atoms with Gasteiger partial charge >= 0.3 is 0 Å². The maximum Gasteiger partial charge on any atom is 0.191 e. The Morgan fingerprint density at radius 3 is 2.43 bits per heavy atom. The smallest absolute Gasteiger partial charge is 0.191 e. The molecule has 0 spiro atoms. The number of methoxy groups -OCH3 is 2. The minimum atomic E-state index is 0.366. The number of ether oxygens (including phenoxy) is 2. The monoisotopic (exact) mass is 417 g/mol. The highest BCUT2D eigenvalue weighted by Crippen LogP contribution is 2.30. The number of rotatable bonds is 8. The van der Waals surface area contributed by atoms with Crippen molar-refractivity contribution in [1.29, 1.82) is 0 Å². The molecule has 7 heteroatoms. The topological polar surface area (TPSA) is 61.4 Å². The molecule has 2 atom stereocenters. The van der Waals surface area contributed by atoms with Gasteiger partial charge in [0.15, 0.2) is 5.96 Å². The molecule has 2 unspecified atom stereocenters. The van der Waals surface area contributed by atoms with Crippen molar-refractivity contribution in [1.82, 2.24) is 15.5 Å². The van der Waals surface area contributed by atoms with Gasteiger partial charge in [-0.3, -0.25) is 4.99 Å². The molecular weight excluding hydrogens is 378 g/mol. The predicted octanol–water partition coefficient (Wildman–Crippen LogP) is 2.57. The van der Waals surface area contributed by atoms with Crippen LogP contribution in [0.15, 0.2) is 23.2 Å². The van der Waals surface area contributed by atoms with Gasteiger partial charge in [0.05, 0.1) is 14.2 Å². The fourth-order valence-electron chi connectivity index (χ4n) is 4.39. The maximum atomic E-state index is 5.42. The van der Waals surface area contributed by atoms with E-state index in [0.717, 1.165) is 49.2 Å². The Morgan fingerprint density at radius 1 is 1.10 bits per heavy atom. The van der Waals surface area contributed by atoms with Crippen molar-refractivity contribution >= 4 is 11.6 Å². The van der Waals surface area contributed by atoms with E-state index >= 15 is 0 Å². The van der Waals surface area contributed by atoms with Crippen LogP contribution in [0.4, 0.5) is 5.69 Å². The van der Waals surface area contributed by atoms with Crippen LogP contribution in [0.25, 0.3) is 0 Å². The number of likely N-dealkylation sites (tertiary alicyclic amines) is 1. The lowest BCUT2D eigenvalue weighted by Gasteiger charge is -2.29. The van der Waals surface area contributed by atoms with E-state index in [1.165, 1.54) is 38.9 Å². The van der Waals surface area contributed by atoms with Crippen LogP contribution in [-0.4, -0.2) is 77.4 Å². The Bertz CT molecular complexity index is 668. The van der Waals surface area contributed by atoms with Gasteiger partial charge in [0.2, 0.25) is 0 Å². The zero-order chi connectivity index (χ0) is 21.3. The molecule has 2 saturated heterocycles. The first-order valence-corrected chi connectivity index (χ1v) is 11.3. The molecule has 7 nitrogen and oxygen atoms in total. The molecule has 2 aliphatic heterocycles. The van der Waals surface area contributed by atoms with Crippen molar-refractivity contribution < 1.29 is 9.47 Å². The highest BCUT2D eigenvalue weighted by molar-refractivity contribution is 5.80. The van der Waals surface area contributed by atoms with Gasteiger partial charge in [-0.25, -0.2) is 0 Å². The van der Waals surface area contributed by atoms with Gasteiger partial charge in [-0.1, -0.05) is 13.3 Å². The Balaban J connectivity index is 1.46. The minimum absolute atomic E-state index is 0.366. The molecule has 2 heterocycles. The molecule has 2 fully saturated rings. The number of hydrogen-bond acceptors (Lipinski definition) is 5. The van der Waals surface area contributed by atoms with Crippen molar-refractivity contribution in [3.63, 3.8) is 0 Å². The first-order valence-electron chi connectivity index (χ1n) is 11.3. The van der Waals surface area contributed by atoms with Crippen LogP contribution in [0.5, 0.6) is 11.5 Å². The van der Waals surface area contributed by atoms with E-state index in [4.69, 9.17) is 9.47 Å². The third-order valence-electron chi connectivity index (χ3n) is 6.09. The van der Waals surface area contributed by atoms with Crippen LogP contribution in [0.3, 0.4) is 0 Å². The van der Waals surface area contributed by atoms with Crippen LogP contribution < -0.4 is 25.0 Å². The number of anilines is 1. The van der Waals surface area contributed by atoms with E-state index in [9.17, 15) is 0 Å². The summed E-state index contributed by atoms with van der Waals surface area (Å²) in [5.74, 6) is 3.14. The van der Waals surface area contributed by atoms with E-state index in [0.29, 0.717) is 12.0 Å². The quantitative estimate of drug-likeness (QED) is 0.501. The van der Waals surface area contributed by atoms with Crippen molar-refractivity contribution in [2.24, 2.45) is 10.9 Å². The van der Waals surface area contributed by atoms with Gasteiger partial charge in [0.25, 0.3) is 0 Å². The maximum absolute atomic E-state index is 5.42. The number of aliphatic imine (C=N–C) groups is 1. The van der Waals surface area contributed by atoms with Crippen LogP contribution in [0.1, 0.15) is 32.6 Å². The normalized spacial score (nSPS) is 21.4. The zero-order valence-electron chi connectivity index (χ0n) is 19.1. The van der Waals surface area contributed by atoms with Crippen molar-refractivity contribution in [3.8, 4) is 11.5 Å². The summed E-state index contributed by atoms with van der Waals surface area (Å²) >= 11 is 0. The second kappa shape index (κ2) is 11.3. The summed E-state index contributed by atoms with van der Waals surface area (Å²) in [6.45, 7) is 8.87. The Hall–Kier alpha value is -2.15. The van der Waals surface area contributed by atoms with Gasteiger partial charge in [0, 0.05) is 63.2 Å². The fraction of sp³-hybridized carbons (Fsp3) is 0.696.